The van der Waals surface area contributed by atoms with E-state index in [0.717, 1.165) is 37.6 Å². The van der Waals surface area contributed by atoms with Crippen molar-refractivity contribution in [2.45, 2.75) is 6.54 Å². The van der Waals surface area contributed by atoms with Crippen LogP contribution >= 0.6 is 0 Å². The molecule has 7 nitrogen and oxygen atoms in total. The lowest BCUT2D eigenvalue weighted by Gasteiger charge is -2.28. The molecule has 4 rings (SSSR count). The van der Waals surface area contributed by atoms with Crippen LogP contribution in [0.4, 0.5) is 5.69 Å². The van der Waals surface area contributed by atoms with Crippen LogP contribution < -0.4 is 10.2 Å². The highest BCUT2D eigenvalue weighted by Gasteiger charge is 2.13. The molecule has 0 saturated carbocycles. The summed E-state index contributed by atoms with van der Waals surface area (Å²) in [6.45, 7) is 3.49. The van der Waals surface area contributed by atoms with Crippen molar-refractivity contribution in [1.82, 2.24) is 15.5 Å². The molecule has 0 radical (unpaired) electrons. The Bertz CT molecular complexity index is 887. The number of hydrogen-bond acceptors (Lipinski definition) is 6. The van der Waals surface area contributed by atoms with Crippen LogP contribution in [0.25, 0.3) is 11.4 Å². The number of ether oxygens (including phenoxy) is 1. The number of carbonyl (C=O) groups excluding carboxylic acids is 1. The molecule has 0 unspecified atom stereocenters. The van der Waals surface area contributed by atoms with Crippen LogP contribution in [0.2, 0.25) is 0 Å². The maximum Gasteiger partial charge on any atom is 0.251 e. The van der Waals surface area contributed by atoms with E-state index in [1.54, 1.807) is 12.1 Å². The molecular weight excluding hydrogens is 344 g/mol. The Morgan fingerprint density at radius 3 is 2.52 bits per heavy atom. The average Bonchev–Trinajstić information content (AvgIpc) is 3.22. The van der Waals surface area contributed by atoms with Crippen molar-refractivity contribution < 1.29 is 14.1 Å². The third kappa shape index (κ3) is 4.15. The van der Waals surface area contributed by atoms with Gasteiger partial charge in [-0.3, -0.25) is 4.79 Å². The number of aromatic nitrogens is 2. The normalized spacial score (nSPS) is 14.1. The molecule has 3 aromatic rings. The van der Waals surface area contributed by atoms with Crippen molar-refractivity contribution in [3.63, 3.8) is 0 Å². The Morgan fingerprint density at radius 2 is 1.78 bits per heavy atom. The summed E-state index contributed by atoms with van der Waals surface area (Å²) in [6.07, 6.45) is 0. The second-order valence-electron chi connectivity index (χ2n) is 6.21. The smallest absolute Gasteiger partial charge is 0.251 e. The standard InChI is InChI=1S/C20H20N4O3/c25-20(16-4-2-1-3-5-16)21-14-18-22-19(23-27-18)15-6-8-17(9-7-15)24-10-12-26-13-11-24/h1-9H,10-14H2,(H,21,25). The van der Waals surface area contributed by atoms with Crippen LogP contribution in [-0.4, -0.2) is 42.4 Å². The summed E-state index contributed by atoms with van der Waals surface area (Å²) in [5, 5.41) is 6.79. The van der Waals surface area contributed by atoms with Crippen LogP contribution in [0.1, 0.15) is 16.2 Å². The van der Waals surface area contributed by atoms with Gasteiger partial charge < -0.3 is 19.5 Å². The number of nitrogens with one attached hydrogen (secondary N) is 1. The van der Waals surface area contributed by atoms with E-state index in [2.05, 4.69) is 20.4 Å². The van der Waals surface area contributed by atoms with Gasteiger partial charge in [-0.05, 0) is 36.4 Å². The van der Waals surface area contributed by atoms with Crippen LogP contribution in [-0.2, 0) is 11.3 Å². The first-order chi connectivity index (χ1) is 13.3. The quantitative estimate of drug-likeness (QED) is 0.749. The second kappa shape index (κ2) is 8.01. The van der Waals surface area contributed by atoms with Crippen molar-refractivity contribution in [2.75, 3.05) is 31.2 Å². The van der Waals surface area contributed by atoms with Crippen LogP contribution in [0.5, 0.6) is 0 Å². The van der Waals surface area contributed by atoms with Gasteiger partial charge in [-0.15, -0.1) is 0 Å². The van der Waals surface area contributed by atoms with Crippen molar-refractivity contribution >= 4 is 11.6 Å². The minimum atomic E-state index is -0.176. The van der Waals surface area contributed by atoms with Crippen molar-refractivity contribution in [2.24, 2.45) is 0 Å². The summed E-state index contributed by atoms with van der Waals surface area (Å²) in [5.74, 6) is 0.698. The van der Waals surface area contributed by atoms with Gasteiger partial charge in [0.1, 0.15) is 0 Å². The molecule has 2 aromatic carbocycles. The molecular formula is C20H20N4O3. The summed E-state index contributed by atoms with van der Waals surface area (Å²) in [7, 11) is 0. The number of hydrogen-bond donors (Lipinski definition) is 1. The molecule has 0 aliphatic carbocycles. The van der Waals surface area contributed by atoms with E-state index in [9.17, 15) is 4.79 Å². The third-order valence-electron chi connectivity index (χ3n) is 4.41. The lowest BCUT2D eigenvalue weighted by atomic mass is 10.2. The monoisotopic (exact) mass is 364 g/mol. The minimum absolute atomic E-state index is 0.176. The molecule has 0 atom stereocenters. The first-order valence-corrected chi connectivity index (χ1v) is 8.88. The van der Waals surface area contributed by atoms with Gasteiger partial charge in [-0.1, -0.05) is 23.4 Å². The number of carbonyl (C=O) groups is 1. The predicted octanol–water partition coefficient (Wildman–Crippen LogP) is 2.50. The van der Waals surface area contributed by atoms with E-state index in [-0.39, 0.29) is 12.5 Å². The van der Waals surface area contributed by atoms with Gasteiger partial charge in [0.25, 0.3) is 5.91 Å². The first-order valence-electron chi connectivity index (χ1n) is 8.88. The molecule has 0 spiro atoms. The van der Waals surface area contributed by atoms with Gasteiger partial charge >= 0.3 is 0 Å². The number of anilines is 1. The van der Waals surface area contributed by atoms with Crippen LogP contribution in [0.3, 0.4) is 0 Å². The van der Waals surface area contributed by atoms with E-state index in [1.165, 1.54) is 0 Å². The average molecular weight is 364 g/mol. The van der Waals surface area contributed by atoms with E-state index in [1.807, 2.05) is 42.5 Å². The molecule has 1 fully saturated rings. The fourth-order valence-electron chi connectivity index (χ4n) is 2.93. The highest BCUT2D eigenvalue weighted by Crippen LogP contribution is 2.22. The van der Waals surface area contributed by atoms with Gasteiger partial charge in [0.15, 0.2) is 0 Å². The van der Waals surface area contributed by atoms with Gasteiger partial charge in [0.05, 0.1) is 19.8 Å². The van der Waals surface area contributed by atoms with E-state index < -0.39 is 0 Å². The Morgan fingerprint density at radius 1 is 1.04 bits per heavy atom. The highest BCUT2D eigenvalue weighted by molar-refractivity contribution is 5.93. The molecule has 1 aliphatic rings. The number of benzene rings is 2. The summed E-state index contributed by atoms with van der Waals surface area (Å²) in [5.41, 5.74) is 2.62. The van der Waals surface area contributed by atoms with Crippen LogP contribution in [0, 0.1) is 0 Å². The van der Waals surface area contributed by atoms with E-state index in [0.29, 0.717) is 17.3 Å². The fourth-order valence-corrected chi connectivity index (χ4v) is 2.93. The van der Waals surface area contributed by atoms with E-state index in [4.69, 9.17) is 9.26 Å². The zero-order chi connectivity index (χ0) is 18.5. The zero-order valence-corrected chi connectivity index (χ0v) is 14.8. The van der Waals surface area contributed by atoms with Crippen molar-refractivity contribution in [3.05, 3.63) is 66.1 Å². The Kier molecular flexibility index (Phi) is 5.11. The summed E-state index contributed by atoms with van der Waals surface area (Å²) >= 11 is 0. The van der Waals surface area contributed by atoms with Gasteiger partial charge in [0.2, 0.25) is 11.7 Å². The molecule has 1 saturated heterocycles. The topological polar surface area (TPSA) is 80.5 Å². The molecule has 0 bridgehead atoms. The molecule has 7 heteroatoms. The SMILES string of the molecule is O=C(NCc1nc(-c2ccc(N3CCOCC3)cc2)no1)c1ccccc1. The number of nitrogens with zero attached hydrogens (tertiary/aromatic N) is 3. The predicted molar refractivity (Wildman–Crippen MR) is 100 cm³/mol. The number of morpholine rings is 1. The molecule has 1 amide bonds. The highest BCUT2D eigenvalue weighted by atomic mass is 16.5. The summed E-state index contributed by atoms with van der Waals surface area (Å²) in [6, 6.07) is 17.1. The van der Waals surface area contributed by atoms with Gasteiger partial charge in [-0.25, -0.2) is 0 Å². The van der Waals surface area contributed by atoms with Crippen molar-refractivity contribution in [1.29, 1.82) is 0 Å². The molecule has 27 heavy (non-hydrogen) atoms. The third-order valence-corrected chi connectivity index (χ3v) is 4.41. The second-order valence-corrected chi connectivity index (χ2v) is 6.21. The zero-order valence-electron chi connectivity index (χ0n) is 14.8. The summed E-state index contributed by atoms with van der Waals surface area (Å²) < 4.78 is 10.6. The Labute approximate surface area is 156 Å². The molecule has 2 heterocycles. The molecule has 1 aromatic heterocycles. The lowest BCUT2D eigenvalue weighted by Crippen LogP contribution is -2.36. The Balaban J connectivity index is 1.38. The maximum absolute atomic E-state index is 12.1. The minimum Gasteiger partial charge on any atom is -0.378 e. The maximum atomic E-state index is 12.1. The Hall–Kier alpha value is -3.19. The van der Waals surface area contributed by atoms with Crippen LogP contribution in [0.15, 0.2) is 59.1 Å². The summed E-state index contributed by atoms with van der Waals surface area (Å²) in [4.78, 5) is 18.7. The largest absolute Gasteiger partial charge is 0.378 e. The van der Waals surface area contributed by atoms with Gasteiger partial charge in [-0.2, -0.15) is 4.98 Å². The molecule has 1 N–H and O–H groups in total. The van der Waals surface area contributed by atoms with Crippen molar-refractivity contribution in [3.8, 4) is 11.4 Å². The molecule has 138 valence electrons. The molecule has 1 aliphatic heterocycles. The van der Waals surface area contributed by atoms with E-state index >= 15 is 0 Å². The van der Waals surface area contributed by atoms with Gasteiger partial charge in [0, 0.05) is 29.9 Å². The lowest BCUT2D eigenvalue weighted by molar-refractivity contribution is 0.0946. The fraction of sp³-hybridized carbons (Fsp3) is 0.250. The number of rotatable bonds is 5. The number of amides is 1. The first kappa shape index (κ1) is 17.2.